The number of hydrogen-bond acceptors (Lipinski definition) is 3. The van der Waals surface area contributed by atoms with E-state index in [2.05, 4.69) is 15.4 Å². The van der Waals surface area contributed by atoms with E-state index < -0.39 is 12.0 Å². The molecule has 0 spiro atoms. The second kappa shape index (κ2) is 2.81. The standard InChI is InChI=1S/C5H6ClF2N3/c1-5(2-6)3(4(7)8)9-11-10-5/h4H,2H2,1H3. The predicted molar refractivity (Wildman–Crippen MR) is 37.4 cm³/mol. The maximum atomic E-state index is 12.1. The molecule has 0 aromatic heterocycles. The minimum absolute atomic E-state index is 0.0281. The molecule has 0 aliphatic carbocycles. The largest absolute Gasteiger partial charge is 0.281 e. The Labute approximate surface area is 67.1 Å². The van der Waals surface area contributed by atoms with Crippen molar-refractivity contribution < 1.29 is 8.78 Å². The fourth-order valence-corrected chi connectivity index (χ4v) is 0.892. The fourth-order valence-electron chi connectivity index (χ4n) is 0.702. The van der Waals surface area contributed by atoms with Crippen LogP contribution in [0.4, 0.5) is 8.78 Å². The first-order valence-corrected chi connectivity index (χ1v) is 3.48. The van der Waals surface area contributed by atoms with Crippen molar-refractivity contribution in [3.05, 3.63) is 0 Å². The van der Waals surface area contributed by atoms with Gasteiger partial charge in [-0.05, 0) is 12.1 Å². The molecule has 1 atom stereocenters. The Balaban J connectivity index is 2.84. The second-order valence-corrected chi connectivity index (χ2v) is 2.65. The zero-order valence-corrected chi connectivity index (χ0v) is 6.52. The second-order valence-electron chi connectivity index (χ2n) is 2.38. The van der Waals surface area contributed by atoms with Gasteiger partial charge < -0.3 is 0 Å². The average molecular weight is 182 g/mol. The predicted octanol–water partition coefficient (Wildman–Crippen LogP) is 2.07. The van der Waals surface area contributed by atoms with Crippen molar-refractivity contribution in [2.75, 3.05) is 5.88 Å². The summed E-state index contributed by atoms with van der Waals surface area (Å²) in [5, 5.41) is 9.86. The van der Waals surface area contributed by atoms with E-state index in [0.29, 0.717) is 0 Å². The van der Waals surface area contributed by atoms with Gasteiger partial charge in [-0.25, -0.2) is 8.78 Å². The minimum Gasteiger partial charge on any atom is -0.203 e. The number of hydrogen-bond donors (Lipinski definition) is 0. The Kier molecular flexibility index (Phi) is 2.17. The monoisotopic (exact) mass is 181 g/mol. The molecule has 0 bridgehead atoms. The fraction of sp³-hybridized carbons (Fsp3) is 0.800. The lowest BCUT2D eigenvalue weighted by Crippen LogP contribution is -2.37. The Hall–Kier alpha value is -0.580. The highest BCUT2D eigenvalue weighted by Gasteiger charge is 2.39. The van der Waals surface area contributed by atoms with E-state index in [9.17, 15) is 8.78 Å². The van der Waals surface area contributed by atoms with E-state index in [-0.39, 0.29) is 11.6 Å². The molecule has 1 heterocycles. The molecule has 1 rings (SSSR count). The van der Waals surface area contributed by atoms with Crippen LogP contribution < -0.4 is 0 Å². The van der Waals surface area contributed by atoms with E-state index in [4.69, 9.17) is 11.6 Å². The lowest BCUT2D eigenvalue weighted by Gasteiger charge is -2.16. The van der Waals surface area contributed by atoms with Crippen LogP contribution in [0.25, 0.3) is 0 Å². The number of halogens is 3. The Morgan fingerprint density at radius 1 is 1.64 bits per heavy atom. The number of rotatable bonds is 2. The summed E-state index contributed by atoms with van der Waals surface area (Å²) in [5.41, 5.74) is -1.46. The normalized spacial score (nSPS) is 29.7. The zero-order valence-electron chi connectivity index (χ0n) is 5.76. The van der Waals surface area contributed by atoms with Crippen LogP contribution in [0.3, 0.4) is 0 Å². The van der Waals surface area contributed by atoms with Crippen molar-refractivity contribution in [1.29, 1.82) is 0 Å². The molecule has 0 aromatic carbocycles. The van der Waals surface area contributed by atoms with Crippen molar-refractivity contribution in [3.63, 3.8) is 0 Å². The van der Waals surface area contributed by atoms with Crippen LogP contribution in [0, 0.1) is 0 Å². The van der Waals surface area contributed by atoms with Crippen molar-refractivity contribution in [1.82, 2.24) is 0 Å². The van der Waals surface area contributed by atoms with Gasteiger partial charge in [0, 0.05) is 0 Å². The number of nitrogens with zero attached hydrogens (tertiary/aromatic N) is 3. The Bertz CT molecular complexity index is 216. The van der Waals surface area contributed by atoms with Crippen LogP contribution in [0.1, 0.15) is 6.92 Å². The molecule has 0 radical (unpaired) electrons. The molecule has 0 fully saturated rings. The topological polar surface area (TPSA) is 37.1 Å². The van der Waals surface area contributed by atoms with E-state index in [1.54, 1.807) is 0 Å². The first-order chi connectivity index (χ1) is 5.10. The molecule has 0 N–H and O–H groups in total. The maximum absolute atomic E-state index is 12.1. The quantitative estimate of drug-likeness (QED) is 0.585. The van der Waals surface area contributed by atoms with Crippen molar-refractivity contribution in [2.24, 2.45) is 15.4 Å². The van der Waals surface area contributed by atoms with E-state index in [1.165, 1.54) is 6.92 Å². The lowest BCUT2D eigenvalue weighted by molar-refractivity contribution is 0.218. The van der Waals surface area contributed by atoms with Crippen LogP contribution in [-0.2, 0) is 0 Å². The van der Waals surface area contributed by atoms with Gasteiger partial charge in [0.25, 0.3) is 6.43 Å². The van der Waals surface area contributed by atoms with Crippen LogP contribution >= 0.6 is 11.6 Å². The Morgan fingerprint density at radius 2 is 2.27 bits per heavy atom. The average Bonchev–Trinajstić information content (AvgIpc) is 2.32. The summed E-state index contributed by atoms with van der Waals surface area (Å²) in [6.07, 6.45) is -2.63. The lowest BCUT2D eigenvalue weighted by atomic mass is 10.0. The third-order valence-electron chi connectivity index (χ3n) is 1.44. The summed E-state index contributed by atoms with van der Waals surface area (Å²) < 4.78 is 24.2. The molecule has 0 saturated heterocycles. The molecule has 0 saturated carbocycles. The molecule has 3 nitrogen and oxygen atoms in total. The SMILES string of the molecule is CC1(CCl)N=NN=C1C(F)F. The smallest absolute Gasteiger partial charge is 0.203 e. The van der Waals surface area contributed by atoms with Gasteiger partial charge in [-0.3, -0.25) is 0 Å². The summed E-state index contributed by atoms with van der Waals surface area (Å²) in [6, 6.07) is 0. The van der Waals surface area contributed by atoms with E-state index in [1.807, 2.05) is 0 Å². The van der Waals surface area contributed by atoms with Gasteiger partial charge in [0.2, 0.25) is 0 Å². The van der Waals surface area contributed by atoms with Crippen LogP contribution in [-0.4, -0.2) is 23.6 Å². The van der Waals surface area contributed by atoms with Gasteiger partial charge in [-0.2, -0.15) is 5.11 Å². The third kappa shape index (κ3) is 1.38. The molecule has 1 unspecified atom stereocenters. The van der Waals surface area contributed by atoms with Gasteiger partial charge in [-0.15, -0.1) is 16.7 Å². The van der Waals surface area contributed by atoms with Crippen LogP contribution in [0.15, 0.2) is 15.4 Å². The molecule has 1 aliphatic rings. The summed E-state index contributed by atoms with van der Waals surface area (Å²) in [7, 11) is 0. The summed E-state index contributed by atoms with van der Waals surface area (Å²) in [5.74, 6) is -0.0281. The van der Waals surface area contributed by atoms with Crippen molar-refractivity contribution in [3.8, 4) is 0 Å². The first-order valence-electron chi connectivity index (χ1n) is 2.94. The molecule has 0 amide bonds. The summed E-state index contributed by atoms with van der Waals surface area (Å²) in [4.78, 5) is 0. The molecule has 0 aromatic rings. The van der Waals surface area contributed by atoms with Crippen molar-refractivity contribution in [2.45, 2.75) is 18.9 Å². The van der Waals surface area contributed by atoms with Crippen LogP contribution in [0.5, 0.6) is 0 Å². The molecule has 6 heteroatoms. The molecule has 11 heavy (non-hydrogen) atoms. The van der Waals surface area contributed by atoms with Gasteiger partial charge in [-0.1, -0.05) is 0 Å². The number of alkyl halides is 3. The summed E-state index contributed by atoms with van der Waals surface area (Å²) >= 11 is 5.42. The van der Waals surface area contributed by atoms with Gasteiger partial charge >= 0.3 is 0 Å². The minimum atomic E-state index is -2.63. The van der Waals surface area contributed by atoms with Gasteiger partial charge in [0.05, 0.1) is 5.88 Å². The zero-order chi connectivity index (χ0) is 8.48. The van der Waals surface area contributed by atoms with Gasteiger partial charge in [0.1, 0.15) is 11.3 Å². The van der Waals surface area contributed by atoms with Gasteiger partial charge in [0.15, 0.2) is 0 Å². The molecular weight excluding hydrogens is 176 g/mol. The maximum Gasteiger partial charge on any atom is 0.281 e. The summed E-state index contributed by atoms with van der Waals surface area (Å²) in [6.45, 7) is 1.47. The highest BCUT2D eigenvalue weighted by Crippen LogP contribution is 2.24. The van der Waals surface area contributed by atoms with E-state index in [0.717, 1.165) is 0 Å². The molecule has 1 aliphatic heterocycles. The molecule has 62 valence electrons. The molecular formula is C5H6ClF2N3. The first kappa shape index (κ1) is 8.52. The van der Waals surface area contributed by atoms with E-state index >= 15 is 0 Å². The van der Waals surface area contributed by atoms with Crippen molar-refractivity contribution >= 4 is 17.3 Å². The van der Waals surface area contributed by atoms with Crippen LogP contribution in [0.2, 0.25) is 0 Å². The highest BCUT2D eigenvalue weighted by atomic mass is 35.5. The third-order valence-corrected chi connectivity index (χ3v) is 1.96. The Morgan fingerprint density at radius 3 is 2.64 bits per heavy atom. The highest BCUT2D eigenvalue weighted by molar-refractivity contribution is 6.21.